The predicted octanol–water partition coefficient (Wildman–Crippen LogP) is 1.59. The average Bonchev–Trinajstić information content (AvgIpc) is 2.54. The van der Waals surface area contributed by atoms with Gasteiger partial charge in [-0.2, -0.15) is 11.1 Å². The minimum absolute atomic E-state index is 0.544. The molecule has 0 aromatic carbocycles. The third-order valence-corrected chi connectivity index (χ3v) is 2.94. The van der Waals surface area contributed by atoms with Gasteiger partial charge in [-0.1, -0.05) is 45.4 Å². The number of carbonyl (C=O) groups excluding carboxylic acids is 2. The van der Waals surface area contributed by atoms with Gasteiger partial charge in [-0.25, -0.2) is 15.0 Å². The number of unbranched alkanes of at least 4 members (excludes halogenated alkanes) is 6. The first-order valence-corrected chi connectivity index (χ1v) is 7.61. The van der Waals surface area contributed by atoms with Crippen LogP contribution in [0.25, 0.3) is 0 Å². The molecule has 0 spiro atoms. The molecule has 0 rings (SSSR count). The van der Waals surface area contributed by atoms with Crippen LogP contribution in [0.1, 0.15) is 51.9 Å². The second-order valence-corrected chi connectivity index (χ2v) is 4.69. The standard InChI is InChI=1S/C13H29N5O4/c1-4-5-6-7-8-9-10-11-14-15-16-17-18(12(19)21-2)13(20)22-3/h14-17H,4-11H2,1-3H3. The molecule has 0 aliphatic rings. The smallest absolute Gasteiger partial charge is 0.435 e. The lowest BCUT2D eigenvalue weighted by Gasteiger charge is -2.19. The zero-order chi connectivity index (χ0) is 16.6. The molecule has 2 amide bonds. The maximum absolute atomic E-state index is 11.3. The molecule has 0 saturated carbocycles. The van der Waals surface area contributed by atoms with E-state index in [0.717, 1.165) is 27.2 Å². The fourth-order valence-corrected chi connectivity index (χ4v) is 1.71. The highest BCUT2D eigenvalue weighted by atomic mass is 16.6. The van der Waals surface area contributed by atoms with Gasteiger partial charge in [0.2, 0.25) is 0 Å². The van der Waals surface area contributed by atoms with Gasteiger partial charge < -0.3 is 9.47 Å². The summed E-state index contributed by atoms with van der Waals surface area (Å²) in [6.07, 6.45) is 6.83. The molecule has 22 heavy (non-hydrogen) atoms. The summed E-state index contributed by atoms with van der Waals surface area (Å²) >= 11 is 0. The first kappa shape index (κ1) is 20.6. The molecule has 0 heterocycles. The highest BCUT2D eigenvalue weighted by molar-refractivity contribution is 5.86. The molecule has 4 N–H and O–H groups in total. The van der Waals surface area contributed by atoms with E-state index in [1.165, 1.54) is 38.5 Å². The van der Waals surface area contributed by atoms with Crippen molar-refractivity contribution in [2.75, 3.05) is 20.8 Å². The summed E-state index contributed by atoms with van der Waals surface area (Å²) in [6.45, 7) is 2.97. The number of hydrogen-bond acceptors (Lipinski definition) is 8. The quantitative estimate of drug-likeness (QED) is 0.317. The number of nitrogens with zero attached hydrogens (tertiary/aromatic N) is 1. The number of nitrogens with one attached hydrogen (secondary N) is 4. The van der Waals surface area contributed by atoms with Gasteiger partial charge in [0, 0.05) is 6.54 Å². The van der Waals surface area contributed by atoms with Gasteiger partial charge in [0.25, 0.3) is 0 Å². The Labute approximate surface area is 132 Å². The Morgan fingerprint density at radius 3 is 1.95 bits per heavy atom. The van der Waals surface area contributed by atoms with Crippen LogP contribution in [0.4, 0.5) is 9.59 Å². The number of ether oxygens (including phenoxy) is 2. The molecular weight excluding hydrogens is 290 g/mol. The van der Waals surface area contributed by atoms with E-state index in [0.29, 0.717) is 5.01 Å². The van der Waals surface area contributed by atoms with Crippen LogP contribution in [0.3, 0.4) is 0 Å². The van der Waals surface area contributed by atoms with Crippen LogP contribution in [0.2, 0.25) is 0 Å². The zero-order valence-electron chi connectivity index (χ0n) is 13.7. The van der Waals surface area contributed by atoms with Gasteiger partial charge in [0.1, 0.15) is 0 Å². The Bertz CT molecular complexity index is 288. The second kappa shape index (κ2) is 14.5. The first-order valence-electron chi connectivity index (χ1n) is 7.61. The van der Waals surface area contributed by atoms with E-state index in [2.05, 4.69) is 38.4 Å². The summed E-state index contributed by atoms with van der Waals surface area (Å²) in [7, 11) is 2.32. The highest BCUT2D eigenvalue weighted by Gasteiger charge is 2.22. The van der Waals surface area contributed by atoms with E-state index in [-0.39, 0.29) is 0 Å². The van der Waals surface area contributed by atoms with Crippen molar-refractivity contribution in [2.45, 2.75) is 51.9 Å². The molecular formula is C13H29N5O4. The molecule has 0 saturated heterocycles. The van der Waals surface area contributed by atoms with E-state index in [9.17, 15) is 9.59 Å². The minimum atomic E-state index is -0.895. The Hall–Kier alpha value is -1.42. The Morgan fingerprint density at radius 1 is 0.864 bits per heavy atom. The van der Waals surface area contributed by atoms with Crippen LogP contribution in [-0.4, -0.2) is 38.0 Å². The summed E-state index contributed by atoms with van der Waals surface area (Å²) in [5.41, 5.74) is 10.3. The zero-order valence-corrected chi connectivity index (χ0v) is 13.7. The number of rotatable bonds is 12. The van der Waals surface area contributed by atoms with Crippen LogP contribution in [-0.2, 0) is 9.47 Å². The van der Waals surface area contributed by atoms with E-state index in [4.69, 9.17) is 0 Å². The maximum atomic E-state index is 11.3. The molecule has 0 unspecified atom stereocenters. The molecule has 0 aliphatic heterocycles. The second-order valence-electron chi connectivity index (χ2n) is 4.69. The van der Waals surface area contributed by atoms with Crippen molar-refractivity contribution in [3.05, 3.63) is 0 Å². The number of carbonyl (C=O) groups is 2. The van der Waals surface area contributed by atoms with E-state index < -0.39 is 12.2 Å². The third kappa shape index (κ3) is 10.3. The average molecular weight is 319 g/mol. The predicted molar refractivity (Wildman–Crippen MR) is 82.1 cm³/mol. The molecule has 9 nitrogen and oxygen atoms in total. The minimum Gasteiger partial charge on any atom is -0.451 e. The van der Waals surface area contributed by atoms with Crippen molar-refractivity contribution < 1.29 is 19.1 Å². The fraction of sp³-hybridized carbons (Fsp3) is 0.846. The molecule has 9 heteroatoms. The summed E-state index contributed by atoms with van der Waals surface area (Å²) in [6, 6.07) is 0. The van der Waals surface area contributed by atoms with Crippen LogP contribution in [0.5, 0.6) is 0 Å². The SMILES string of the molecule is CCCCCCCCCNNNNN(C(=O)OC)C(=O)OC. The van der Waals surface area contributed by atoms with E-state index in [1.807, 2.05) is 0 Å². The van der Waals surface area contributed by atoms with Gasteiger partial charge in [-0.3, -0.25) is 0 Å². The van der Waals surface area contributed by atoms with Crippen LogP contribution >= 0.6 is 0 Å². The molecule has 0 atom stereocenters. The van der Waals surface area contributed by atoms with Crippen LogP contribution < -0.4 is 22.0 Å². The van der Waals surface area contributed by atoms with Crippen molar-refractivity contribution in [2.24, 2.45) is 0 Å². The van der Waals surface area contributed by atoms with Gasteiger partial charge >= 0.3 is 12.2 Å². The molecule has 0 bridgehead atoms. The summed E-state index contributed by atoms with van der Waals surface area (Å²) in [5, 5.41) is 0.544. The summed E-state index contributed by atoms with van der Waals surface area (Å²) in [5.74, 6) is 0. The van der Waals surface area contributed by atoms with Gasteiger partial charge in [0.05, 0.1) is 14.2 Å². The summed E-state index contributed by atoms with van der Waals surface area (Å²) < 4.78 is 8.84. The topological polar surface area (TPSA) is 104 Å². The van der Waals surface area contributed by atoms with Crippen molar-refractivity contribution in [3.63, 3.8) is 0 Å². The molecule has 130 valence electrons. The molecule has 0 radical (unpaired) electrons. The molecule has 0 aromatic rings. The van der Waals surface area contributed by atoms with Crippen molar-refractivity contribution >= 4 is 12.2 Å². The van der Waals surface area contributed by atoms with Gasteiger partial charge in [-0.15, -0.1) is 10.5 Å². The number of amides is 2. The third-order valence-electron chi connectivity index (χ3n) is 2.94. The molecule has 0 aromatic heterocycles. The van der Waals surface area contributed by atoms with E-state index >= 15 is 0 Å². The highest BCUT2D eigenvalue weighted by Crippen LogP contribution is 2.05. The number of methoxy groups -OCH3 is 2. The van der Waals surface area contributed by atoms with Crippen LogP contribution in [0, 0.1) is 0 Å². The van der Waals surface area contributed by atoms with Crippen molar-refractivity contribution in [1.82, 2.24) is 27.0 Å². The number of hydrazine groups is 4. The monoisotopic (exact) mass is 319 g/mol. The Morgan fingerprint density at radius 2 is 1.41 bits per heavy atom. The Balaban J connectivity index is 3.54. The molecule has 0 fully saturated rings. The Kier molecular flexibility index (Phi) is 13.6. The van der Waals surface area contributed by atoms with Crippen molar-refractivity contribution in [3.8, 4) is 0 Å². The van der Waals surface area contributed by atoms with Crippen molar-refractivity contribution in [1.29, 1.82) is 0 Å². The van der Waals surface area contributed by atoms with Gasteiger partial charge in [0.15, 0.2) is 0 Å². The maximum Gasteiger partial charge on any atom is 0.435 e. The van der Waals surface area contributed by atoms with Crippen LogP contribution in [0.15, 0.2) is 0 Å². The fourth-order valence-electron chi connectivity index (χ4n) is 1.71. The number of imide groups is 1. The normalized spacial score (nSPS) is 10.3. The first-order chi connectivity index (χ1) is 10.7. The summed E-state index contributed by atoms with van der Waals surface area (Å²) in [4.78, 5) is 22.6. The lowest BCUT2D eigenvalue weighted by molar-refractivity contribution is 0.0651. The molecule has 0 aliphatic carbocycles. The lowest BCUT2D eigenvalue weighted by Crippen LogP contribution is -2.60. The number of hydrogen-bond donors (Lipinski definition) is 4. The van der Waals surface area contributed by atoms with E-state index in [1.54, 1.807) is 0 Å². The largest absolute Gasteiger partial charge is 0.451 e. The van der Waals surface area contributed by atoms with Gasteiger partial charge in [-0.05, 0) is 6.42 Å². The lowest BCUT2D eigenvalue weighted by atomic mass is 10.1.